The third-order valence-electron chi connectivity index (χ3n) is 11.5. The van der Waals surface area contributed by atoms with Gasteiger partial charge in [-0.3, -0.25) is 0 Å². The van der Waals surface area contributed by atoms with Gasteiger partial charge in [-0.15, -0.1) is 11.3 Å². The average Bonchev–Trinajstić information content (AvgIpc) is 3.91. The molecule has 0 bridgehead atoms. The van der Waals surface area contributed by atoms with E-state index in [1.54, 1.807) is 0 Å². The van der Waals surface area contributed by atoms with Crippen LogP contribution >= 0.6 is 11.3 Å². The molecule has 0 fully saturated rings. The number of thiophene rings is 1. The van der Waals surface area contributed by atoms with Crippen molar-refractivity contribution in [3.8, 4) is 33.6 Å². The number of hydrogen-bond donors (Lipinski definition) is 0. The van der Waals surface area contributed by atoms with Crippen LogP contribution in [0.15, 0.2) is 194 Å². The molecule has 3 heteroatoms. The molecule has 0 radical (unpaired) electrons. The van der Waals surface area contributed by atoms with Crippen molar-refractivity contribution >= 4 is 85.9 Å². The topological polar surface area (TPSA) is 9.86 Å². The minimum absolute atomic E-state index is 1.17. The Morgan fingerprint density at radius 1 is 0.309 bits per heavy atom. The van der Waals surface area contributed by atoms with Gasteiger partial charge in [-0.2, -0.15) is 0 Å². The van der Waals surface area contributed by atoms with E-state index in [0.717, 1.165) is 0 Å². The van der Waals surface area contributed by atoms with Gasteiger partial charge in [0.05, 0.1) is 27.8 Å². The maximum atomic E-state index is 2.47. The average molecular weight is 717 g/mol. The SMILES string of the molecule is c1ccc(-n2c3ccccc3c3ccc(-c4ccc5c(c4)c4ccccc4n5-c4ccc(-c5cccc6c5sc5ccccc56)c5ccccc45)cc32)cc1. The molecular formula is C52H32N2S. The smallest absolute Gasteiger partial charge is 0.0547 e. The predicted molar refractivity (Wildman–Crippen MR) is 236 cm³/mol. The minimum Gasteiger partial charge on any atom is -0.309 e. The van der Waals surface area contributed by atoms with Crippen molar-refractivity contribution in [2.24, 2.45) is 0 Å². The summed E-state index contributed by atoms with van der Waals surface area (Å²) in [6.07, 6.45) is 0. The summed E-state index contributed by atoms with van der Waals surface area (Å²) >= 11 is 1.89. The lowest BCUT2D eigenvalue weighted by Crippen LogP contribution is -1.96. The summed E-state index contributed by atoms with van der Waals surface area (Å²) in [5.74, 6) is 0. The van der Waals surface area contributed by atoms with Crippen LogP contribution in [0, 0.1) is 0 Å². The van der Waals surface area contributed by atoms with Crippen molar-refractivity contribution in [3.05, 3.63) is 194 Å². The fourth-order valence-corrected chi connectivity index (χ4v) is 10.3. The highest BCUT2D eigenvalue weighted by molar-refractivity contribution is 7.26. The molecule has 0 N–H and O–H groups in total. The maximum absolute atomic E-state index is 2.47. The van der Waals surface area contributed by atoms with Gasteiger partial charge in [0.2, 0.25) is 0 Å². The summed E-state index contributed by atoms with van der Waals surface area (Å²) in [5.41, 5.74) is 12.2. The van der Waals surface area contributed by atoms with Gasteiger partial charge in [-0.1, -0.05) is 140 Å². The Morgan fingerprint density at radius 2 is 0.909 bits per heavy atom. The van der Waals surface area contributed by atoms with Crippen LogP contribution < -0.4 is 0 Å². The molecular weight excluding hydrogens is 685 g/mol. The number of benzene rings is 9. The predicted octanol–water partition coefficient (Wildman–Crippen LogP) is 14.7. The zero-order valence-corrected chi connectivity index (χ0v) is 30.6. The van der Waals surface area contributed by atoms with Crippen LogP contribution in [0.4, 0.5) is 0 Å². The lowest BCUT2D eigenvalue weighted by molar-refractivity contribution is 1.18. The van der Waals surface area contributed by atoms with Gasteiger partial charge in [0.1, 0.15) is 0 Å². The zero-order valence-electron chi connectivity index (χ0n) is 29.8. The van der Waals surface area contributed by atoms with E-state index in [0.29, 0.717) is 0 Å². The van der Waals surface area contributed by atoms with Gasteiger partial charge in [0.15, 0.2) is 0 Å². The van der Waals surface area contributed by atoms with Crippen LogP contribution in [0.25, 0.3) is 108 Å². The van der Waals surface area contributed by atoms with E-state index in [-0.39, 0.29) is 0 Å². The van der Waals surface area contributed by atoms with Crippen LogP contribution in [-0.4, -0.2) is 9.13 Å². The van der Waals surface area contributed by atoms with E-state index in [2.05, 4.69) is 203 Å². The van der Waals surface area contributed by atoms with Gasteiger partial charge >= 0.3 is 0 Å². The summed E-state index contributed by atoms with van der Waals surface area (Å²) in [5, 5.41) is 10.2. The molecule has 0 atom stereocenters. The van der Waals surface area contributed by atoms with E-state index in [1.165, 1.54) is 108 Å². The number of nitrogens with zero attached hydrogens (tertiary/aromatic N) is 2. The first kappa shape index (κ1) is 30.5. The molecule has 0 aliphatic carbocycles. The first-order valence-corrected chi connectivity index (χ1v) is 19.7. The van der Waals surface area contributed by atoms with E-state index >= 15 is 0 Å². The van der Waals surface area contributed by atoms with Crippen molar-refractivity contribution < 1.29 is 0 Å². The van der Waals surface area contributed by atoms with Gasteiger partial charge in [-0.05, 0) is 76.7 Å². The Bertz CT molecular complexity index is 3490. The van der Waals surface area contributed by atoms with Crippen LogP contribution in [0.3, 0.4) is 0 Å². The number of rotatable bonds is 4. The zero-order chi connectivity index (χ0) is 36.0. The number of para-hydroxylation sites is 3. The molecule has 55 heavy (non-hydrogen) atoms. The Morgan fingerprint density at radius 3 is 1.75 bits per heavy atom. The quantitative estimate of drug-likeness (QED) is 0.172. The van der Waals surface area contributed by atoms with Crippen molar-refractivity contribution in [2.75, 3.05) is 0 Å². The molecule has 0 saturated heterocycles. The van der Waals surface area contributed by atoms with Crippen molar-refractivity contribution in [3.63, 3.8) is 0 Å². The van der Waals surface area contributed by atoms with E-state index < -0.39 is 0 Å². The van der Waals surface area contributed by atoms with E-state index in [4.69, 9.17) is 0 Å². The third-order valence-corrected chi connectivity index (χ3v) is 12.8. The molecule has 3 heterocycles. The fourth-order valence-electron chi connectivity index (χ4n) is 9.09. The molecule has 0 aliphatic heterocycles. The lowest BCUT2D eigenvalue weighted by atomic mass is 9.95. The molecule has 9 aromatic carbocycles. The summed E-state index contributed by atoms with van der Waals surface area (Å²) < 4.78 is 7.54. The second-order valence-electron chi connectivity index (χ2n) is 14.5. The Labute approximate surface area is 321 Å². The highest BCUT2D eigenvalue weighted by Gasteiger charge is 2.19. The van der Waals surface area contributed by atoms with Crippen LogP contribution in [-0.2, 0) is 0 Å². The van der Waals surface area contributed by atoms with Gasteiger partial charge in [0.25, 0.3) is 0 Å². The molecule has 0 spiro atoms. The largest absolute Gasteiger partial charge is 0.309 e. The standard InChI is InChI=1S/C52H32N2S/c1-2-13-35(14-3-1)53-46-22-9-6-17-39(46)41-27-25-34(32-50(41)53)33-26-29-49-45(31-33)40-18-7-10-23-47(40)54(49)48-30-28-37(36-15-4-5-16-38(36)48)43-20-12-21-44-42-19-8-11-24-51(42)55-52(43)44/h1-32H. The van der Waals surface area contributed by atoms with Crippen LogP contribution in [0.2, 0.25) is 0 Å². The van der Waals surface area contributed by atoms with E-state index in [9.17, 15) is 0 Å². The Hall–Kier alpha value is -6.94. The molecule has 0 unspecified atom stereocenters. The highest BCUT2D eigenvalue weighted by Crippen LogP contribution is 2.44. The number of hydrogen-bond acceptors (Lipinski definition) is 1. The van der Waals surface area contributed by atoms with Crippen molar-refractivity contribution in [1.29, 1.82) is 0 Å². The molecule has 12 aromatic rings. The summed E-state index contributed by atoms with van der Waals surface area (Å²) in [6.45, 7) is 0. The third kappa shape index (κ3) is 4.48. The first-order chi connectivity index (χ1) is 27.3. The molecule has 256 valence electrons. The van der Waals surface area contributed by atoms with Crippen LogP contribution in [0.5, 0.6) is 0 Å². The van der Waals surface area contributed by atoms with Crippen molar-refractivity contribution in [2.45, 2.75) is 0 Å². The molecule has 0 amide bonds. The minimum atomic E-state index is 1.17. The summed E-state index contributed by atoms with van der Waals surface area (Å²) in [7, 11) is 0. The second-order valence-corrected chi connectivity index (χ2v) is 15.5. The lowest BCUT2D eigenvalue weighted by Gasteiger charge is -2.15. The molecule has 2 nitrogen and oxygen atoms in total. The fraction of sp³-hybridized carbons (Fsp3) is 0. The molecule has 3 aromatic heterocycles. The van der Waals surface area contributed by atoms with Crippen LogP contribution in [0.1, 0.15) is 0 Å². The number of fused-ring (bicyclic) bond motifs is 10. The molecule has 12 rings (SSSR count). The maximum Gasteiger partial charge on any atom is 0.0547 e. The second kappa shape index (κ2) is 11.8. The Balaban J connectivity index is 1.05. The Kier molecular flexibility index (Phi) is 6.54. The van der Waals surface area contributed by atoms with Gasteiger partial charge < -0.3 is 9.13 Å². The van der Waals surface area contributed by atoms with Gasteiger partial charge in [0, 0.05) is 58.4 Å². The number of aromatic nitrogens is 2. The van der Waals surface area contributed by atoms with E-state index in [1.807, 2.05) is 11.3 Å². The van der Waals surface area contributed by atoms with Gasteiger partial charge in [-0.25, -0.2) is 0 Å². The highest BCUT2D eigenvalue weighted by atomic mass is 32.1. The summed E-state index contributed by atoms with van der Waals surface area (Å²) in [4.78, 5) is 0. The first-order valence-electron chi connectivity index (χ1n) is 18.9. The molecule has 0 saturated carbocycles. The normalized spacial score (nSPS) is 12.0. The monoisotopic (exact) mass is 716 g/mol. The van der Waals surface area contributed by atoms with Crippen molar-refractivity contribution in [1.82, 2.24) is 9.13 Å². The molecule has 0 aliphatic rings. The summed E-state index contributed by atoms with van der Waals surface area (Å²) in [6, 6.07) is 71.4.